The van der Waals surface area contributed by atoms with Crippen LogP contribution in [0.3, 0.4) is 0 Å². The molecule has 0 amide bonds. The van der Waals surface area contributed by atoms with Gasteiger partial charge in [0.2, 0.25) is 0 Å². The Morgan fingerprint density at radius 1 is 1.67 bits per heavy atom. The molecule has 1 fully saturated rings. The summed E-state index contributed by atoms with van der Waals surface area (Å²) >= 11 is 0. The summed E-state index contributed by atoms with van der Waals surface area (Å²) in [5.41, 5.74) is 5.81. The number of nitrogens with zero attached hydrogens (tertiary/aromatic N) is 2. The van der Waals surface area contributed by atoms with Crippen LogP contribution in [0.1, 0.15) is 13.3 Å². The first-order chi connectivity index (χ1) is 7.14. The average molecular weight is 209 g/mol. The van der Waals surface area contributed by atoms with Gasteiger partial charge in [-0.1, -0.05) is 6.92 Å². The van der Waals surface area contributed by atoms with Gasteiger partial charge in [-0.2, -0.15) is 0 Å². The first-order valence-electron chi connectivity index (χ1n) is 5.20. The highest BCUT2D eigenvalue weighted by atomic mass is 19.1. The summed E-state index contributed by atoms with van der Waals surface area (Å²) in [6, 6.07) is 3.05. The van der Waals surface area contributed by atoms with Crippen LogP contribution < -0.4 is 10.6 Å². The number of halogens is 1. The van der Waals surface area contributed by atoms with Gasteiger partial charge in [0.1, 0.15) is 0 Å². The molecular weight excluding hydrogens is 193 g/mol. The fourth-order valence-corrected chi connectivity index (χ4v) is 1.98. The summed E-state index contributed by atoms with van der Waals surface area (Å²) in [6.45, 7) is 4.39. The molecule has 1 aliphatic rings. The average Bonchev–Trinajstić information content (AvgIpc) is 2.63. The number of nitrogens with two attached hydrogens (primary N) is 1. The lowest BCUT2D eigenvalue weighted by Crippen LogP contribution is -2.31. The summed E-state index contributed by atoms with van der Waals surface area (Å²) in [7, 11) is 0. The molecule has 0 spiro atoms. The molecule has 0 radical (unpaired) electrons. The second-order valence-electron chi connectivity index (χ2n) is 4.50. The van der Waals surface area contributed by atoms with Gasteiger partial charge in [0, 0.05) is 19.3 Å². The Morgan fingerprint density at radius 3 is 3.07 bits per heavy atom. The van der Waals surface area contributed by atoms with Gasteiger partial charge in [-0.3, -0.25) is 0 Å². The first-order valence-corrected chi connectivity index (χ1v) is 5.20. The predicted octanol–water partition coefficient (Wildman–Crippen LogP) is 1.40. The standard InChI is InChI=1S/C11H16FN3/c1-11(7-13)4-6-15(8-11)10-9(12)3-2-5-14-10/h2-3,5H,4,6-8,13H2,1H3. The van der Waals surface area contributed by atoms with Crippen molar-refractivity contribution in [3.8, 4) is 0 Å². The molecule has 1 aromatic heterocycles. The number of hydrogen-bond acceptors (Lipinski definition) is 3. The van der Waals surface area contributed by atoms with Crippen LogP contribution in [0.2, 0.25) is 0 Å². The fraction of sp³-hybridized carbons (Fsp3) is 0.545. The van der Waals surface area contributed by atoms with Gasteiger partial charge in [-0.05, 0) is 30.5 Å². The zero-order valence-electron chi connectivity index (χ0n) is 8.91. The van der Waals surface area contributed by atoms with Gasteiger partial charge in [-0.15, -0.1) is 0 Å². The SMILES string of the molecule is CC1(CN)CCN(c2ncccc2F)C1. The Morgan fingerprint density at radius 2 is 2.47 bits per heavy atom. The number of anilines is 1. The van der Waals surface area contributed by atoms with Crippen LogP contribution in [-0.4, -0.2) is 24.6 Å². The van der Waals surface area contributed by atoms with Crippen LogP contribution in [0, 0.1) is 11.2 Å². The summed E-state index contributed by atoms with van der Waals surface area (Å²) < 4.78 is 13.5. The van der Waals surface area contributed by atoms with Gasteiger partial charge >= 0.3 is 0 Å². The first kappa shape index (κ1) is 10.4. The van der Waals surface area contributed by atoms with Gasteiger partial charge in [-0.25, -0.2) is 9.37 Å². The maximum absolute atomic E-state index is 13.5. The van der Waals surface area contributed by atoms with Crippen LogP contribution in [0.5, 0.6) is 0 Å². The molecule has 3 nitrogen and oxygen atoms in total. The lowest BCUT2D eigenvalue weighted by atomic mass is 9.90. The van der Waals surface area contributed by atoms with Crippen molar-refractivity contribution in [3.63, 3.8) is 0 Å². The summed E-state index contributed by atoms with van der Waals surface area (Å²) in [4.78, 5) is 6.04. The van der Waals surface area contributed by atoms with Crippen molar-refractivity contribution in [2.75, 3.05) is 24.5 Å². The van der Waals surface area contributed by atoms with Gasteiger partial charge in [0.15, 0.2) is 11.6 Å². The van der Waals surface area contributed by atoms with Crippen molar-refractivity contribution in [3.05, 3.63) is 24.1 Å². The molecule has 2 rings (SSSR count). The van der Waals surface area contributed by atoms with Crippen LogP contribution in [0.4, 0.5) is 10.2 Å². The van der Waals surface area contributed by atoms with E-state index in [4.69, 9.17) is 5.73 Å². The predicted molar refractivity (Wildman–Crippen MR) is 58.2 cm³/mol. The molecule has 82 valence electrons. The highest BCUT2D eigenvalue weighted by Crippen LogP contribution is 2.31. The van der Waals surface area contributed by atoms with E-state index in [1.54, 1.807) is 12.3 Å². The summed E-state index contributed by atoms with van der Waals surface area (Å²) in [5.74, 6) is 0.202. The highest BCUT2D eigenvalue weighted by Gasteiger charge is 2.33. The third-order valence-electron chi connectivity index (χ3n) is 3.09. The maximum atomic E-state index is 13.5. The molecule has 0 aliphatic carbocycles. The number of hydrogen-bond donors (Lipinski definition) is 1. The molecule has 1 aliphatic heterocycles. The molecule has 0 aromatic carbocycles. The van der Waals surface area contributed by atoms with Crippen molar-refractivity contribution in [1.29, 1.82) is 0 Å². The number of aromatic nitrogens is 1. The van der Waals surface area contributed by atoms with E-state index in [9.17, 15) is 4.39 Å². The molecule has 1 saturated heterocycles. The minimum atomic E-state index is -0.251. The second-order valence-corrected chi connectivity index (χ2v) is 4.50. The Kier molecular flexibility index (Phi) is 2.61. The summed E-state index contributed by atoms with van der Waals surface area (Å²) in [5, 5.41) is 0. The van der Waals surface area contributed by atoms with E-state index in [2.05, 4.69) is 11.9 Å². The molecular formula is C11H16FN3. The molecule has 15 heavy (non-hydrogen) atoms. The van der Waals surface area contributed by atoms with Crippen molar-refractivity contribution in [2.24, 2.45) is 11.1 Å². The number of rotatable bonds is 2. The fourth-order valence-electron chi connectivity index (χ4n) is 1.98. The normalized spacial score (nSPS) is 25.9. The molecule has 4 heteroatoms. The van der Waals surface area contributed by atoms with Crippen molar-refractivity contribution < 1.29 is 4.39 Å². The third-order valence-corrected chi connectivity index (χ3v) is 3.09. The van der Waals surface area contributed by atoms with Crippen molar-refractivity contribution in [1.82, 2.24) is 4.98 Å². The number of pyridine rings is 1. The quantitative estimate of drug-likeness (QED) is 0.800. The second kappa shape index (κ2) is 3.77. The minimum Gasteiger partial charge on any atom is -0.354 e. The van der Waals surface area contributed by atoms with Crippen LogP contribution in [0.15, 0.2) is 18.3 Å². The molecule has 2 N–H and O–H groups in total. The Balaban J connectivity index is 2.18. The maximum Gasteiger partial charge on any atom is 0.165 e. The van der Waals surface area contributed by atoms with Crippen molar-refractivity contribution in [2.45, 2.75) is 13.3 Å². The highest BCUT2D eigenvalue weighted by molar-refractivity contribution is 5.41. The van der Waals surface area contributed by atoms with Gasteiger partial charge in [0.05, 0.1) is 0 Å². The Hall–Kier alpha value is -1.16. The topological polar surface area (TPSA) is 42.1 Å². The largest absolute Gasteiger partial charge is 0.354 e. The third kappa shape index (κ3) is 1.95. The lowest BCUT2D eigenvalue weighted by molar-refractivity contribution is 0.383. The Labute approximate surface area is 89.1 Å². The molecule has 0 saturated carbocycles. The summed E-state index contributed by atoms with van der Waals surface area (Å²) in [6.07, 6.45) is 2.62. The molecule has 1 atom stereocenters. The van der Waals surface area contributed by atoms with Crippen molar-refractivity contribution >= 4 is 5.82 Å². The molecule has 1 aromatic rings. The van der Waals surface area contributed by atoms with Crippen LogP contribution >= 0.6 is 0 Å². The van der Waals surface area contributed by atoms with Gasteiger partial charge < -0.3 is 10.6 Å². The minimum absolute atomic E-state index is 0.101. The van der Waals surface area contributed by atoms with Crippen LogP contribution in [-0.2, 0) is 0 Å². The molecule has 2 heterocycles. The van der Waals surface area contributed by atoms with E-state index >= 15 is 0 Å². The molecule has 1 unspecified atom stereocenters. The lowest BCUT2D eigenvalue weighted by Gasteiger charge is -2.23. The molecule has 0 bridgehead atoms. The smallest absolute Gasteiger partial charge is 0.165 e. The van der Waals surface area contributed by atoms with E-state index in [1.807, 2.05) is 4.90 Å². The van der Waals surface area contributed by atoms with Crippen LogP contribution in [0.25, 0.3) is 0 Å². The van der Waals surface area contributed by atoms with E-state index in [-0.39, 0.29) is 11.2 Å². The van der Waals surface area contributed by atoms with Gasteiger partial charge in [0.25, 0.3) is 0 Å². The monoisotopic (exact) mass is 209 g/mol. The zero-order chi connectivity index (χ0) is 10.9. The zero-order valence-corrected chi connectivity index (χ0v) is 8.91. The van der Waals surface area contributed by atoms with E-state index in [0.29, 0.717) is 12.4 Å². The van der Waals surface area contributed by atoms with E-state index < -0.39 is 0 Å². The Bertz CT molecular complexity index is 355. The van der Waals surface area contributed by atoms with E-state index in [1.165, 1.54) is 6.07 Å². The van der Waals surface area contributed by atoms with E-state index in [0.717, 1.165) is 19.5 Å².